The third kappa shape index (κ3) is 4.16. The Morgan fingerprint density at radius 3 is 2.30 bits per heavy atom. The van der Waals surface area contributed by atoms with Crippen LogP contribution in [0.25, 0.3) is 6.08 Å². The van der Waals surface area contributed by atoms with Gasteiger partial charge in [0.1, 0.15) is 0 Å². The molecule has 0 saturated heterocycles. The fourth-order valence-electron chi connectivity index (χ4n) is 2.65. The summed E-state index contributed by atoms with van der Waals surface area (Å²) in [5, 5.41) is 4.14. The normalized spacial score (nSPS) is 18.1. The number of nitrogens with zero attached hydrogens (tertiary/aromatic N) is 1. The fraction of sp³-hybridized carbons (Fsp3) is 0.200. The zero-order chi connectivity index (χ0) is 15.9. The highest BCUT2D eigenvalue weighted by Crippen LogP contribution is 2.23. The van der Waals surface area contributed by atoms with Gasteiger partial charge in [-0.25, -0.2) is 4.79 Å². The van der Waals surface area contributed by atoms with Crippen LogP contribution in [-0.4, -0.2) is 11.7 Å². The molecule has 2 aromatic carbocycles. The summed E-state index contributed by atoms with van der Waals surface area (Å²) < 4.78 is 0. The Morgan fingerprint density at radius 1 is 0.913 bits per heavy atom. The zero-order valence-electron chi connectivity index (χ0n) is 12.9. The predicted octanol–water partition coefficient (Wildman–Crippen LogP) is 4.86. The number of hydrogen-bond acceptors (Lipinski definition) is 3. The quantitative estimate of drug-likeness (QED) is 0.600. The molecule has 1 aliphatic carbocycles. The van der Waals surface area contributed by atoms with Gasteiger partial charge in [0.05, 0.1) is 11.3 Å². The Hall–Kier alpha value is -2.68. The average Bonchev–Trinajstić information content (AvgIpc) is 2.62. The lowest BCUT2D eigenvalue weighted by Crippen LogP contribution is -2.11. The molecule has 1 aliphatic rings. The molecule has 1 fully saturated rings. The Balaban J connectivity index is 1.76. The zero-order valence-corrected chi connectivity index (χ0v) is 12.9. The van der Waals surface area contributed by atoms with Crippen LogP contribution in [0.4, 0.5) is 0 Å². The van der Waals surface area contributed by atoms with E-state index in [-0.39, 0.29) is 0 Å². The molecule has 0 atom stereocenters. The van der Waals surface area contributed by atoms with Gasteiger partial charge in [0, 0.05) is 0 Å². The van der Waals surface area contributed by atoms with Crippen molar-refractivity contribution >= 4 is 17.8 Å². The summed E-state index contributed by atoms with van der Waals surface area (Å²) in [4.78, 5) is 17.1. The van der Waals surface area contributed by atoms with E-state index in [1.807, 2.05) is 36.4 Å². The molecule has 0 aromatic heterocycles. The van der Waals surface area contributed by atoms with E-state index in [4.69, 9.17) is 4.84 Å². The molecule has 0 radical (unpaired) electrons. The third-order valence-corrected chi connectivity index (χ3v) is 3.87. The molecule has 0 aliphatic heterocycles. The first-order valence-electron chi connectivity index (χ1n) is 7.92. The highest BCUT2D eigenvalue weighted by atomic mass is 16.7. The first-order valence-corrected chi connectivity index (χ1v) is 7.92. The maximum Gasteiger partial charge on any atom is 0.365 e. The van der Waals surface area contributed by atoms with Crippen molar-refractivity contribution in [1.29, 1.82) is 0 Å². The second-order valence-electron chi connectivity index (χ2n) is 5.57. The highest BCUT2D eigenvalue weighted by Gasteiger charge is 2.15. The predicted molar refractivity (Wildman–Crippen MR) is 92.2 cm³/mol. The summed E-state index contributed by atoms with van der Waals surface area (Å²) >= 11 is 0. The van der Waals surface area contributed by atoms with Crippen molar-refractivity contribution in [1.82, 2.24) is 0 Å². The van der Waals surface area contributed by atoms with Gasteiger partial charge in [-0.3, -0.25) is 0 Å². The Labute approximate surface area is 136 Å². The minimum absolute atomic E-state index is 0.414. The van der Waals surface area contributed by atoms with Crippen LogP contribution in [0.3, 0.4) is 0 Å². The summed E-state index contributed by atoms with van der Waals surface area (Å²) in [5.41, 5.74) is 3.69. The molecule has 0 N–H and O–H groups in total. The van der Waals surface area contributed by atoms with E-state index in [1.54, 1.807) is 12.1 Å². The molecule has 3 heteroatoms. The van der Waals surface area contributed by atoms with Crippen LogP contribution in [0, 0.1) is 0 Å². The molecular weight excluding hydrogens is 286 g/mol. The van der Waals surface area contributed by atoms with E-state index in [0.717, 1.165) is 42.5 Å². The number of rotatable bonds is 3. The van der Waals surface area contributed by atoms with Gasteiger partial charge in [0.2, 0.25) is 0 Å². The smallest absolute Gasteiger partial charge is 0.313 e. The number of allylic oxidation sites excluding steroid dienone is 1. The van der Waals surface area contributed by atoms with E-state index in [1.165, 1.54) is 0 Å². The molecule has 3 nitrogen and oxygen atoms in total. The van der Waals surface area contributed by atoms with E-state index in [2.05, 4.69) is 23.4 Å². The highest BCUT2D eigenvalue weighted by molar-refractivity contribution is 6.04. The molecule has 0 spiro atoms. The fourth-order valence-corrected chi connectivity index (χ4v) is 2.65. The van der Waals surface area contributed by atoms with Crippen LogP contribution in [0.2, 0.25) is 0 Å². The SMILES string of the molecule is O=C(O/N=C1\CCCC\C1=C/c1ccccc1)c1ccccc1. The van der Waals surface area contributed by atoms with E-state index in [0.29, 0.717) is 5.56 Å². The Morgan fingerprint density at radius 2 is 1.57 bits per heavy atom. The molecule has 3 rings (SSSR count). The van der Waals surface area contributed by atoms with Crippen LogP contribution in [0.1, 0.15) is 41.6 Å². The van der Waals surface area contributed by atoms with Crippen molar-refractivity contribution in [2.24, 2.45) is 5.16 Å². The molecule has 23 heavy (non-hydrogen) atoms. The van der Waals surface area contributed by atoms with Crippen molar-refractivity contribution in [2.45, 2.75) is 25.7 Å². The molecule has 1 saturated carbocycles. The van der Waals surface area contributed by atoms with Gasteiger partial charge in [-0.15, -0.1) is 0 Å². The number of hydrogen-bond donors (Lipinski definition) is 0. The summed E-state index contributed by atoms with van der Waals surface area (Å²) in [6.07, 6.45) is 6.17. The molecule has 0 unspecified atom stereocenters. The van der Waals surface area contributed by atoms with Gasteiger partial charge in [0.15, 0.2) is 0 Å². The largest absolute Gasteiger partial charge is 0.365 e. The topological polar surface area (TPSA) is 38.7 Å². The minimum atomic E-state index is -0.414. The van der Waals surface area contributed by atoms with Gasteiger partial charge < -0.3 is 4.84 Å². The average molecular weight is 305 g/mol. The minimum Gasteiger partial charge on any atom is -0.313 e. The van der Waals surface area contributed by atoms with Crippen molar-refractivity contribution in [2.75, 3.05) is 0 Å². The summed E-state index contributed by atoms with van der Waals surface area (Å²) in [5.74, 6) is -0.414. The molecule has 0 heterocycles. The molecule has 0 amide bonds. The van der Waals surface area contributed by atoms with Crippen LogP contribution < -0.4 is 0 Å². The first kappa shape index (κ1) is 15.2. The van der Waals surface area contributed by atoms with E-state index < -0.39 is 5.97 Å². The second-order valence-corrected chi connectivity index (χ2v) is 5.57. The summed E-state index contributed by atoms with van der Waals surface area (Å²) in [6, 6.07) is 19.1. The lowest BCUT2D eigenvalue weighted by atomic mass is 9.91. The maximum atomic E-state index is 12.0. The van der Waals surface area contributed by atoms with Gasteiger partial charge in [-0.2, -0.15) is 0 Å². The van der Waals surface area contributed by atoms with Crippen molar-refractivity contribution in [3.8, 4) is 0 Å². The molecular formula is C20H19NO2. The number of carbonyl (C=O) groups excluding carboxylic acids is 1. The maximum absolute atomic E-state index is 12.0. The van der Waals surface area contributed by atoms with Crippen molar-refractivity contribution in [3.63, 3.8) is 0 Å². The van der Waals surface area contributed by atoms with Crippen molar-refractivity contribution in [3.05, 3.63) is 77.4 Å². The molecule has 0 bridgehead atoms. The molecule has 2 aromatic rings. The van der Waals surface area contributed by atoms with E-state index in [9.17, 15) is 4.79 Å². The standard InChI is InChI=1S/C20H19NO2/c22-20(17-11-5-2-6-12-17)23-21-19-14-8-7-13-18(19)15-16-9-3-1-4-10-16/h1-6,9-12,15H,7-8,13-14H2/b18-15+,21-19+. The summed E-state index contributed by atoms with van der Waals surface area (Å²) in [7, 11) is 0. The van der Waals surface area contributed by atoms with E-state index >= 15 is 0 Å². The van der Waals surface area contributed by atoms with Gasteiger partial charge >= 0.3 is 5.97 Å². The lowest BCUT2D eigenvalue weighted by Gasteiger charge is -2.16. The van der Waals surface area contributed by atoms with Crippen molar-refractivity contribution < 1.29 is 9.63 Å². The van der Waals surface area contributed by atoms with Gasteiger partial charge in [-0.1, -0.05) is 53.7 Å². The number of benzene rings is 2. The van der Waals surface area contributed by atoms with Gasteiger partial charge in [-0.05, 0) is 55.0 Å². The number of carbonyl (C=O) groups is 1. The molecule has 116 valence electrons. The van der Waals surface area contributed by atoms with Crippen LogP contribution in [0.15, 0.2) is 71.4 Å². The second kappa shape index (κ2) is 7.54. The van der Waals surface area contributed by atoms with Crippen LogP contribution >= 0.6 is 0 Å². The third-order valence-electron chi connectivity index (χ3n) is 3.87. The van der Waals surface area contributed by atoms with Gasteiger partial charge in [0.25, 0.3) is 0 Å². The summed E-state index contributed by atoms with van der Waals surface area (Å²) in [6.45, 7) is 0. The number of oxime groups is 1. The monoisotopic (exact) mass is 305 g/mol. The Kier molecular flexibility index (Phi) is 4.99. The van der Waals surface area contributed by atoms with Crippen LogP contribution in [0.5, 0.6) is 0 Å². The lowest BCUT2D eigenvalue weighted by molar-refractivity contribution is 0.0515. The Bertz CT molecular complexity index is 718. The first-order chi connectivity index (χ1) is 11.3. The van der Waals surface area contributed by atoms with Crippen LogP contribution in [-0.2, 0) is 4.84 Å².